The van der Waals surface area contributed by atoms with E-state index in [2.05, 4.69) is 29.1 Å². The molecule has 1 aliphatic heterocycles. The quantitative estimate of drug-likeness (QED) is 0.845. The van der Waals surface area contributed by atoms with Gasteiger partial charge >= 0.3 is 6.18 Å². The van der Waals surface area contributed by atoms with E-state index in [0.29, 0.717) is 31.8 Å². The van der Waals surface area contributed by atoms with Gasteiger partial charge in [0.05, 0.1) is 12.0 Å². The second-order valence-electron chi connectivity index (χ2n) is 7.34. The molecule has 1 aromatic carbocycles. The number of alkyl halides is 3. The number of halogens is 3. The van der Waals surface area contributed by atoms with Crippen molar-refractivity contribution in [2.75, 3.05) is 18.0 Å². The minimum Gasteiger partial charge on any atom is -0.351 e. The molecular formula is C20H23F3N4O. The van der Waals surface area contributed by atoms with Crippen molar-refractivity contribution >= 4 is 11.9 Å². The van der Waals surface area contributed by atoms with Crippen LogP contribution in [-0.4, -0.2) is 35.0 Å². The van der Waals surface area contributed by atoms with Gasteiger partial charge in [0.15, 0.2) is 0 Å². The number of carbonyl (C=O) groups excluding carboxylic acids is 1. The molecule has 0 spiro atoms. The van der Waals surface area contributed by atoms with Gasteiger partial charge in [0.25, 0.3) is 0 Å². The highest BCUT2D eigenvalue weighted by atomic mass is 19.4. The molecule has 0 radical (unpaired) electrons. The Morgan fingerprint density at radius 1 is 1.21 bits per heavy atom. The summed E-state index contributed by atoms with van der Waals surface area (Å²) in [6.07, 6.45) is -1.88. The molecule has 1 amide bonds. The number of nitrogens with zero attached hydrogens (tertiary/aromatic N) is 3. The summed E-state index contributed by atoms with van der Waals surface area (Å²) in [6.45, 7) is 5.30. The number of aromatic nitrogens is 2. The lowest BCUT2D eigenvalue weighted by atomic mass is 10.0. The first kappa shape index (κ1) is 20.1. The predicted molar refractivity (Wildman–Crippen MR) is 100 cm³/mol. The third-order valence-electron chi connectivity index (χ3n) is 4.81. The van der Waals surface area contributed by atoms with E-state index in [0.717, 1.165) is 18.0 Å². The molecule has 1 unspecified atom stereocenters. The van der Waals surface area contributed by atoms with Gasteiger partial charge in [0, 0.05) is 31.5 Å². The highest BCUT2D eigenvalue weighted by Crippen LogP contribution is 2.28. The number of nitrogens with one attached hydrogen (secondary N) is 1. The first-order chi connectivity index (χ1) is 13.2. The van der Waals surface area contributed by atoms with Crippen molar-refractivity contribution in [3.63, 3.8) is 0 Å². The minimum absolute atomic E-state index is 0.0718. The van der Waals surface area contributed by atoms with Crippen LogP contribution in [0.25, 0.3) is 0 Å². The van der Waals surface area contributed by atoms with Gasteiger partial charge in [-0.3, -0.25) is 4.79 Å². The summed E-state index contributed by atoms with van der Waals surface area (Å²) < 4.78 is 37.8. The Kier molecular flexibility index (Phi) is 5.86. The molecule has 1 aromatic heterocycles. The van der Waals surface area contributed by atoms with E-state index in [1.807, 2.05) is 24.3 Å². The zero-order valence-electron chi connectivity index (χ0n) is 15.8. The molecule has 1 aliphatic rings. The maximum atomic E-state index is 12.6. The van der Waals surface area contributed by atoms with Crippen LogP contribution in [0.1, 0.15) is 42.9 Å². The summed E-state index contributed by atoms with van der Waals surface area (Å²) in [5, 5.41) is 2.98. The smallest absolute Gasteiger partial charge is 0.351 e. The molecule has 8 heteroatoms. The molecule has 2 aromatic rings. The second-order valence-corrected chi connectivity index (χ2v) is 7.34. The summed E-state index contributed by atoms with van der Waals surface area (Å²) in [5.74, 6) is 0.617. The first-order valence-corrected chi connectivity index (χ1v) is 9.25. The topological polar surface area (TPSA) is 58.1 Å². The average molecular weight is 392 g/mol. The lowest BCUT2D eigenvalue weighted by Crippen LogP contribution is -2.38. The third kappa shape index (κ3) is 4.99. The van der Waals surface area contributed by atoms with Crippen molar-refractivity contribution < 1.29 is 18.0 Å². The number of anilines is 1. The molecular weight excluding hydrogens is 369 g/mol. The number of rotatable bonds is 5. The van der Waals surface area contributed by atoms with Crippen molar-refractivity contribution in [1.29, 1.82) is 0 Å². The predicted octanol–water partition coefficient (Wildman–Crippen LogP) is 3.56. The van der Waals surface area contributed by atoms with Gasteiger partial charge in [-0.25, -0.2) is 9.97 Å². The number of hydrogen-bond donors (Lipinski definition) is 1. The summed E-state index contributed by atoms with van der Waals surface area (Å²) in [7, 11) is 0. The lowest BCUT2D eigenvalue weighted by molar-refractivity contribution is -0.138. The van der Waals surface area contributed by atoms with Gasteiger partial charge in [0.2, 0.25) is 11.9 Å². The monoisotopic (exact) mass is 392 g/mol. The summed E-state index contributed by atoms with van der Waals surface area (Å²) in [5.41, 5.74) is 1.30. The first-order valence-electron chi connectivity index (χ1n) is 9.25. The maximum Gasteiger partial charge on any atom is 0.419 e. The van der Waals surface area contributed by atoms with Gasteiger partial charge in [-0.15, -0.1) is 0 Å². The van der Waals surface area contributed by atoms with Gasteiger partial charge in [-0.2, -0.15) is 13.2 Å². The largest absolute Gasteiger partial charge is 0.419 e. The molecule has 2 heterocycles. The van der Waals surface area contributed by atoms with E-state index in [4.69, 9.17) is 0 Å². The van der Waals surface area contributed by atoms with Crippen LogP contribution in [0, 0.1) is 0 Å². The van der Waals surface area contributed by atoms with Crippen LogP contribution in [0.4, 0.5) is 19.1 Å². The Balaban J connectivity index is 1.52. The Bertz CT molecular complexity index is 804. The zero-order chi connectivity index (χ0) is 20.3. The van der Waals surface area contributed by atoms with E-state index in [1.54, 1.807) is 4.90 Å². The van der Waals surface area contributed by atoms with E-state index >= 15 is 0 Å². The molecule has 0 saturated carbocycles. The number of benzene rings is 1. The summed E-state index contributed by atoms with van der Waals surface area (Å²) >= 11 is 0. The maximum absolute atomic E-state index is 12.6. The van der Waals surface area contributed by atoms with Crippen molar-refractivity contribution in [2.24, 2.45) is 0 Å². The third-order valence-corrected chi connectivity index (χ3v) is 4.81. The van der Waals surface area contributed by atoms with Crippen molar-refractivity contribution in [2.45, 2.75) is 44.8 Å². The normalized spacial score (nSPS) is 17.2. The highest BCUT2D eigenvalue weighted by Gasteiger charge is 2.32. The van der Waals surface area contributed by atoms with Gasteiger partial charge in [-0.1, -0.05) is 38.1 Å². The molecule has 3 rings (SSSR count). The van der Waals surface area contributed by atoms with E-state index in [1.165, 1.54) is 5.56 Å². The van der Waals surface area contributed by atoms with Crippen LogP contribution in [-0.2, 0) is 17.4 Å². The highest BCUT2D eigenvalue weighted by molar-refractivity contribution is 5.79. The zero-order valence-corrected chi connectivity index (χ0v) is 15.8. The Morgan fingerprint density at radius 3 is 2.43 bits per heavy atom. The van der Waals surface area contributed by atoms with Crippen molar-refractivity contribution in [1.82, 2.24) is 15.3 Å². The molecule has 28 heavy (non-hydrogen) atoms. The molecule has 1 atom stereocenters. The van der Waals surface area contributed by atoms with Crippen LogP contribution in [0.15, 0.2) is 36.7 Å². The summed E-state index contributed by atoms with van der Waals surface area (Å²) in [4.78, 5) is 21.7. The fourth-order valence-electron chi connectivity index (χ4n) is 3.18. The average Bonchev–Trinajstić information content (AvgIpc) is 3.10. The Hall–Kier alpha value is -2.64. The minimum atomic E-state index is -4.45. The molecule has 5 nitrogen and oxygen atoms in total. The fraction of sp³-hybridized carbons (Fsp3) is 0.450. The van der Waals surface area contributed by atoms with Crippen LogP contribution in [0.5, 0.6) is 0 Å². The Labute approximate surface area is 162 Å². The van der Waals surface area contributed by atoms with E-state index < -0.39 is 11.7 Å². The Morgan fingerprint density at radius 2 is 1.86 bits per heavy atom. The molecule has 0 bridgehead atoms. The van der Waals surface area contributed by atoms with Crippen molar-refractivity contribution in [3.8, 4) is 0 Å². The van der Waals surface area contributed by atoms with Crippen LogP contribution in [0.2, 0.25) is 0 Å². The van der Waals surface area contributed by atoms with Gasteiger partial charge < -0.3 is 10.2 Å². The van der Waals surface area contributed by atoms with E-state index in [9.17, 15) is 18.0 Å². The molecule has 0 aliphatic carbocycles. The van der Waals surface area contributed by atoms with Crippen LogP contribution in [0.3, 0.4) is 0 Å². The van der Waals surface area contributed by atoms with Gasteiger partial charge in [0.1, 0.15) is 0 Å². The second kappa shape index (κ2) is 8.16. The standard InChI is InChI=1S/C20H23F3N4O/c1-13(2)15-5-3-14(4-6-15)9-18(28)26-17-7-8-27(12-17)19-24-10-16(11-25-19)20(21,22)23/h3-6,10-11,13,17H,7-9,12H2,1-2H3,(H,26,28). The van der Waals surface area contributed by atoms with Crippen LogP contribution >= 0.6 is 0 Å². The lowest BCUT2D eigenvalue weighted by Gasteiger charge is -2.17. The molecule has 150 valence electrons. The SMILES string of the molecule is CC(C)c1ccc(CC(=O)NC2CCN(c3ncc(C(F)(F)F)cn3)C2)cc1. The molecule has 1 fully saturated rings. The summed E-state index contributed by atoms with van der Waals surface area (Å²) in [6, 6.07) is 7.92. The number of amides is 1. The number of carbonyl (C=O) groups is 1. The van der Waals surface area contributed by atoms with Gasteiger partial charge in [-0.05, 0) is 23.5 Å². The fourth-order valence-corrected chi connectivity index (χ4v) is 3.18. The van der Waals surface area contributed by atoms with E-state index in [-0.39, 0.29) is 17.9 Å². The van der Waals surface area contributed by atoms with Crippen molar-refractivity contribution in [3.05, 3.63) is 53.3 Å². The molecule has 1 N–H and O–H groups in total. The van der Waals surface area contributed by atoms with Crippen LogP contribution < -0.4 is 10.2 Å². The number of hydrogen-bond acceptors (Lipinski definition) is 4. The molecule has 1 saturated heterocycles.